The molecular formula is C28H31NO5. The minimum atomic E-state index is -0.547. The molecule has 3 aromatic rings. The van der Waals surface area contributed by atoms with Crippen LogP contribution < -0.4 is 0 Å². The molecule has 0 amide bonds. The number of aryl methyl sites for hydroxylation is 1. The van der Waals surface area contributed by atoms with Crippen LogP contribution in [0.15, 0.2) is 53.1 Å². The quantitative estimate of drug-likeness (QED) is 0.414. The van der Waals surface area contributed by atoms with Gasteiger partial charge in [-0.25, -0.2) is 0 Å². The van der Waals surface area contributed by atoms with Crippen LogP contribution in [0, 0.1) is 6.92 Å². The molecule has 1 heterocycles. The Morgan fingerprint density at radius 1 is 0.971 bits per heavy atom. The predicted molar refractivity (Wildman–Crippen MR) is 129 cm³/mol. The average Bonchev–Trinajstić information content (AvgIpc) is 3.53. The third kappa shape index (κ3) is 4.91. The van der Waals surface area contributed by atoms with Gasteiger partial charge >= 0.3 is 11.9 Å². The highest BCUT2D eigenvalue weighted by Crippen LogP contribution is 2.49. The first-order valence-electron chi connectivity index (χ1n) is 11.7. The van der Waals surface area contributed by atoms with Gasteiger partial charge in [0.05, 0.1) is 24.1 Å². The van der Waals surface area contributed by atoms with Gasteiger partial charge in [-0.15, -0.1) is 0 Å². The van der Waals surface area contributed by atoms with E-state index < -0.39 is 11.0 Å². The highest BCUT2D eigenvalue weighted by molar-refractivity contribution is 5.87. The summed E-state index contributed by atoms with van der Waals surface area (Å²) >= 11 is 0. The van der Waals surface area contributed by atoms with Crippen molar-refractivity contribution in [3.8, 4) is 22.5 Å². The van der Waals surface area contributed by atoms with Crippen molar-refractivity contribution in [2.24, 2.45) is 0 Å². The van der Waals surface area contributed by atoms with Crippen LogP contribution in [0.25, 0.3) is 22.5 Å². The summed E-state index contributed by atoms with van der Waals surface area (Å²) < 4.78 is 16.3. The van der Waals surface area contributed by atoms with Crippen LogP contribution in [-0.2, 0) is 30.9 Å². The molecule has 0 saturated heterocycles. The zero-order valence-corrected chi connectivity index (χ0v) is 20.4. The van der Waals surface area contributed by atoms with Crippen molar-refractivity contribution in [2.45, 2.75) is 64.9 Å². The van der Waals surface area contributed by atoms with Gasteiger partial charge in [0.1, 0.15) is 5.60 Å². The standard InChI is InChI=1S/C28H31NO5/c1-6-32-26(31)28(15-16-28)22-13-11-20(12-14-22)19-7-9-21(10-8-19)25-23(18(2)29-34-25)17-24(30)33-27(3,4)5/h7-14H,6,15-17H2,1-5H3. The lowest BCUT2D eigenvalue weighted by atomic mass is 9.93. The van der Waals surface area contributed by atoms with E-state index in [-0.39, 0.29) is 18.4 Å². The number of hydrogen-bond donors (Lipinski definition) is 0. The number of ether oxygens (including phenoxy) is 2. The highest BCUT2D eigenvalue weighted by atomic mass is 16.6. The van der Waals surface area contributed by atoms with Crippen LogP contribution in [0.5, 0.6) is 0 Å². The first-order chi connectivity index (χ1) is 16.1. The smallest absolute Gasteiger partial charge is 0.316 e. The largest absolute Gasteiger partial charge is 0.465 e. The fourth-order valence-electron chi connectivity index (χ4n) is 4.15. The Kier molecular flexibility index (Phi) is 6.34. The number of aromatic nitrogens is 1. The fourth-order valence-corrected chi connectivity index (χ4v) is 4.15. The second-order valence-electron chi connectivity index (χ2n) is 9.80. The lowest BCUT2D eigenvalue weighted by Crippen LogP contribution is -2.25. The monoisotopic (exact) mass is 461 g/mol. The number of rotatable bonds is 7. The van der Waals surface area contributed by atoms with Gasteiger partial charge in [-0.05, 0) is 64.2 Å². The molecule has 2 aromatic carbocycles. The molecule has 1 aliphatic carbocycles. The molecule has 0 unspecified atom stereocenters. The summed E-state index contributed by atoms with van der Waals surface area (Å²) in [5.41, 5.74) is 4.35. The maximum atomic E-state index is 12.4. The van der Waals surface area contributed by atoms with E-state index >= 15 is 0 Å². The van der Waals surface area contributed by atoms with E-state index in [0.29, 0.717) is 18.1 Å². The number of carbonyl (C=O) groups excluding carboxylic acids is 2. The summed E-state index contributed by atoms with van der Waals surface area (Å²) in [5, 5.41) is 4.07. The van der Waals surface area contributed by atoms with Crippen molar-refractivity contribution < 1.29 is 23.6 Å². The van der Waals surface area contributed by atoms with Crippen LogP contribution >= 0.6 is 0 Å². The summed E-state index contributed by atoms with van der Waals surface area (Å²) in [4.78, 5) is 24.7. The molecule has 178 valence electrons. The van der Waals surface area contributed by atoms with Crippen molar-refractivity contribution in [2.75, 3.05) is 6.61 Å². The molecule has 6 nitrogen and oxygen atoms in total. The fraction of sp³-hybridized carbons (Fsp3) is 0.393. The molecule has 0 aliphatic heterocycles. The summed E-state index contributed by atoms with van der Waals surface area (Å²) in [6.45, 7) is 9.60. The van der Waals surface area contributed by atoms with Crippen molar-refractivity contribution >= 4 is 11.9 Å². The number of carbonyl (C=O) groups is 2. The first kappa shape index (κ1) is 23.7. The van der Waals surface area contributed by atoms with Gasteiger partial charge in [0.25, 0.3) is 0 Å². The van der Waals surface area contributed by atoms with E-state index in [1.807, 2.05) is 83.1 Å². The lowest BCUT2D eigenvalue weighted by molar-refractivity contribution is -0.154. The average molecular weight is 462 g/mol. The molecule has 34 heavy (non-hydrogen) atoms. The Hall–Kier alpha value is -3.41. The minimum absolute atomic E-state index is 0.105. The van der Waals surface area contributed by atoms with Gasteiger partial charge in [-0.1, -0.05) is 53.7 Å². The molecular weight excluding hydrogens is 430 g/mol. The molecule has 0 bridgehead atoms. The maximum absolute atomic E-state index is 12.4. The number of nitrogens with zero attached hydrogens (tertiary/aromatic N) is 1. The van der Waals surface area contributed by atoms with Gasteiger partial charge in [0, 0.05) is 11.1 Å². The van der Waals surface area contributed by atoms with Crippen molar-refractivity contribution in [3.63, 3.8) is 0 Å². The van der Waals surface area contributed by atoms with Crippen LogP contribution in [0.3, 0.4) is 0 Å². The molecule has 1 fully saturated rings. The molecule has 6 heteroatoms. The van der Waals surface area contributed by atoms with Gasteiger partial charge in [0.2, 0.25) is 0 Å². The summed E-state index contributed by atoms with van der Waals surface area (Å²) in [7, 11) is 0. The summed E-state index contributed by atoms with van der Waals surface area (Å²) in [5.74, 6) is 0.139. The lowest BCUT2D eigenvalue weighted by Gasteiger charge is -2.19. The molecule has 0 radical (unpaired) electrons. The Labute approximate surface area is 200 Å². The Morgan fingerprint density at radius 3 is 2.06 bits per heavy atom. The Morgan fingerprint density at radius 2 is 1.53 bits per heavy atom. The van der Waals surface area contributed by atoms with E-state index in [1.54, 1.807) is 0 Å². The minimum Gasteiger partial charge on any atom is -0.465 e. The van der Waals surface area contributed by atoms with E-state index in [1.165, 1.54) is 0 Å². The molecule has 0 N–H and O–H groups in total. The molecule has 1 aliphatic rings. The third-order valence-corrected chi connectivity index (χ3v) is 6.06. The SMILES string of the molecule is CCOC(=O)C1(c2ccc(-c3ccc(-c4onc(C)c4CC(=O)OC(C)(C)C)cc3)cc2)CC1. The predicted octanol–water partition coefficient (Wildman–Crippen LogP) is 5.80. The Balaban J connectivity index is 1.51. The normalized spacial score (nSPS) is 14.5. The van der Waals surface area contributed by atoms with Gasteiger partial charge in [-0.2, -0.15) is 0 Å². The van der Waals surface area contributed by atoms with Crippen molar-refractivity contribution in [3.05, 3.63) is 65.4 Å². The van der Waals surface area contributed by atoms with Crippen LogP contribution in [0.4, 0.5) is 0 Å². The molecule has 0 spiro atoms. The van der Waals surface area contributed by atoms with E-state index in [9.17, 15) is 9.59 Å². The number of esters is 2. The zero-order chi connectivity index (χ0) is 24.5. The third-order valence-electron chi connectivity index (χ3n) is 6.06. The van der Waals surface area contributed by atoms with E-state index in [0.717, 1.165) is 40.7 Å². The second-order valence-corrected chi connectivity index (χ2v) is 9.80. The van der Waals surface area contributed by atoms with Gasteiger partial charge in [-0.3, -0.25) is 9.59 Å². The molecule has 4 rings (SSSR count). The topological polar surface area (TPSA) is 78.6 Å². The number of benzene rings is 2. The van der Waals surface area contributed by atoms with Crippen molar-refractivity contribution in [1.82, 2.24) is 5.16 Å². The van der Waals surface area contributed by atoms with Crippen LogP contribution in [-0.4, -0.2) is 29.3 Å². The summed E-state index contributed by atoms with van der Waals surface area (Å²) in [6, 6.07) is 16.1. The van der Waals surface area contributed by atoms with E-state index in [4.69, 9.17) is 14.0 Å². The Bertz CT molecular complexity index is 1180. The molecule has 1 aromatic heterocycles. The van der Waals surface area contributed by atoms with Gasteiger partial charge in [0.15, 0.2) is 5.76 Å². The summed E-state index contributed by atoms with van der Waals surface area (Å²) in [6.07, 6.45) is 1.78. The van der Waals surface area contributed by atoms with Crippen LogP contribution in [0.2, 0.25) is 0 Å². The highest BCUT2D eigenvalue weighted by Gasteiger charge is 2.52. The van der Waals surface area contributed by atoms with Crippen molar-refractivity contribution in [1.29, 1.82) is 0 Å². The second kappa shape index (κ2) is 9.09. The van der Waals surface area contributed by atoms with Crippen LogP contribution in [0.1, 0.15) is 57.4 Å². The zero-order valence-electron chi connectivity index (χ0n) is 20.4. The maximum Gasteiger partial charge on any atom is 0.316 e. The molecule has 1 saturated carbocycles. The van der Waals surface area contributed by atoms with Gasteiger partial charge < -0.3 is 14.0 Å². The first-order valence-corrected chi connectivity index (χ1v) is 11.7. The molecule has 0 atom stereocenters. The number of hydrogen-bond acceptors (Lipinski definition) is 6. The van der Waals surface area contributed by atoms with E-state index in [2.05, 4.69) is 5.16 Å².